The molecule has 0 amide bonds. The molecule has 0 aromatic heterocycles. The van der Waals surface area contributed by atoms with Crippen LogP contribution in [0.25, 0.3) is 0 Å². The van der Waals surface area contributed by atoms with E-state index in [0.29, 0.717) is 17.7 Å². The molecule has 0 aliphatic carbocycles. The van der Waals surface area contributed by atoms with Crippen molar-refractivity contribution in [2.24, 2.45) is 0 Å². The zero-order valence-electron chi connectivity index (χ0n) is 13.6. The average molecular weight is 350 g/mol. The SMILES string of the molecule is CCCCCCc1cc(S(=O)(=O)O)cc(Oc2ccccc2)c1O. The molecular weight excluding hydrogens is 328 g/mol. The van der Waals surface area contributed by atoms with Gasteiger partial charge in [-0.2, -0.15) is 8.42 Å². The summed E-state index contributed by atoms with van der Waals surface area (Å²) in [7, 11) is -4.38. The van der Waals surface area contributed by atoms with Gasteiger partial charge in [0.05, 0.1) is 4.90 Å². The van der Waals surface area contributed by atoms with Gasteiger partial charge in [-0.15, -0.1) is 0 Å². The highest BCUT2D eigenvalue weighted by atomic mass is 32.2. The molecule has 24 heavy (non-hydrogen) atoms. The number of phenols is 1. The molecule has 0 unspecified atom stereocenters. The van der Waals surface area contributed by atoms with E-state index < -0.39 is 10.1 Å². The molecule has 2 rings (SSSR count). The fourth-order valence-corrected chi connectivity index (χ4v) is 2.96. The standard InChI is InChI=1S/C18H22O5S/c1-2-3-4-6-9-14-12-16(24(20,21)22)13-17(18(14)19)23-15-10-7-5-8-11-15/h5,7-8,10-13,19H,2-4,6,9H2,1H3,(H,20,21,22). The first kappa shape index (κ1) is 18.3. The summed E-state index contributed by atoms with van der Waals surface area (Å²) in [5.74, 6) is 0.391. The van der Waals surface area contributed by atoms with Crippen molar-refractivity contribution in [3.8, 4) is 17.2 Å². The Hall–Kier alpha value is -2.05. The van der Waals surface area contributed by atoms with Crippen molar-refractivity contribution < 1.29 is 22.8 Å². The van der Waals surface area contributed by atoms with Crippen molar-refractivity contribution in [2.45, 2.75) is 43.9 Å². The Balaban J connectivity index is 2.34. The van der Waals surface area contributed by atoms with Gasteiger partial charge in [0.1, 0.15) is 5.75 Å². The van der Waals surface area contributed by atoms with Gasteiger partial charge >= 0.3 is 0 Å². The maximum Gasteiger partial charge on any atom is 0.294 e. The number of aromatic hydroxyl groups is 1. The summed E-state index contributed by atoms with van der Waals surface area (Å²) in [6, 6.07) is 11.2. The van der Waals surface area contributed by atoms with E-state index in [1.54, 1.807) is 24.3 Å². The number of hydrogen-bond donors (Lipinski definition) is 2. The first-order valence-electron chi connectivity index (χ1n) is 7.98. The van der Waals surface area contributed by atoms with Crippen LogP contribution in [0.2, 0.25) is 0 Å². The molecule has 0 fully saturated rings. The summed E-state index contributed by atoms with van der Waals surface area (Å²) in [5.41, 5.74) is 0.451. The van der Waals surface area contributed by atoms with Crippen LogP contribution in [0.3, 0.4) is 0 Å². The third-order valence-corrected chi connectivity index (χ3v) is 4.53. The van der Waals surface area contributed by atoms with E-state index in [1.807, 2.05) is 6.07 Å². The van der Waals surface area contributed by atoms with Crippen molar-refractivity contribution in [1.29, 1.82) is 0 Å². The average Bonchev–Trinajstić information content (AvgIpc) is 2.54. The van der Waals surface area contributed by atoms with Crippen LogP contribution >= 0.6 is 0 Å². The van der Waals surface area contributed by atoms with Gasteiger partial charge in [0.2, 0.25) is 0 Å². The van der Waals surface area contributed by atoms with Crippen molar-refractivity contribution in [1.82, 2.24) is 0 Å². The van der Waals surface area contributed by atoms with Crippen LogP contribution in [0.15, 0.2) is 47.4 Å². The second-order valence-corrected chi connectivity index (χ2v) is 7.05. The molecule has 6 heteroatoms. The molecule has 0 aliphatic heterocycles. The maximum atomic E-state index is 11.5. The Morgan fingerprint density at radius 3 is 2.38 bits per heavy atom. The van der Waals surface area contributed by atoms with E-state index in [4.69, 9.17) is 4.74 Å². The third-order valence-electron chi connectivity index (χ3n) is 3.70. The highest BCUT2D eigenvalue weighted by Gasteiger charge is 2.18. The topological polar surface area (TPSA) is 83.8 Å². The lowest BCUT2D eigenvalue weighted by molar-refractivity contribution is 0.403. The maximum absolute atomic E-state index is 11.5. The fourth-order valence-electron chi connectivity index (χ4n) is 2.41. The number of rotatable bonds is 8. The molecule has 0 spiro atoms. The highest BCUT2D eigenvalue weighted by molar-refractivity contribution is 7.85. The predicted octanol–water partition coefficient (Wildman–Crippen LogP) is 4.55. The molecule has 0 atom stereocenters. The van der Waals surface area contributed by atoms with E-state index in [9.17, 15) is 18.1 Å². The minimum absolute atomic E-state index is 0.0156. The number of ether oxygens (including phenoxy) is 1. The highest BCUT2D eigenvalue weighted by Crippen LogP contribution is 2.37. The monoisotopic (exact) mass is 350 g/mol. The Bertz CT molecular complexity index is 769. The molecule has 0 saturated heterocycles. The van der Waals surface area contributed by atoms with Crippen LogP contribution < -0.4 is 4.74 Å². The van der Waals surface area contributed by atoms with Gasteiger partial charge in [0.15, 0.2) is 11.5 Å². The molecule has 0 radical (unpaired) electrons. The summed E-state index contributed by atoms with van der Waals surface area (Å²) < 4.78 is 37.9. The lowest BCUT2D eigenvalue weighted by atomic mass is 10.0. The molecule has 130 valence electrons. The molecule has 2 aromatic rings. The second kappa shape index (κ2) is 8.17. The van der Waals surface area contributed by atoms with Gasteiger partial charge in [0.25, 0.3) is 10.1 Å². The van der Waals surface area contributed by atoms with E-state index in [0.717, 1.165) is 31.7 Å². The number of para-hydroxylation sites is 1. The number of unbranched alkanes of at least 4 members (excludes halogenated alkanes) is 3. The minimum Gasteiger partial charge on any atom is -0.504 e. The van der Waals surface area contributed by atoms with Gasteiger partial charge in [-0.05, 0) is 36.6 Å². The summed E-state index contributed by atoms with van der Waals surface area (Å²) in [5, 5.41) is 10.4. The first-order chi connectivity index (χ1) is 11.4. The molecule has 5 nitrogen and oxygen atoms in total. The molecule has 2 aromatic carbocycles. The van der Waals surface area contributed by atoms with Crippen molar-refractivity contribution in [2.75, 3.05) is 0 Å². The van der Waals surface area contributed by atoms with E-state index in [-0.39, 0.29) is 16.4 Å². The minimum atomic E-state index is -4.38. The number of benzene rings is 2. The Kier molecular flexibility index (Phi) is 6.23. The number of phenolic OH excluding ortho intramolecular Hbond substituents is 1. The van der Waals surface area contributed by atoms with Gasteiger partial charge in [-0.3, -0.25) is 4.55 Å². The number of hydrogen-bond acceptors (Lipinski definition) is 4. The second-order valence-electron chi connectivity index (χ2n) is 5.63. The molecule has 0 bridgehead atoms. The van der Waals surface area contributed by atoms with Crippen molar-refractivity contribution in [3.63, 3.8) is 0 Å². The van der Waals surface area contributed by atoms with Crippen LogP contribution in [0.1, 0.15) is 38.2 Å². The number of aryl methyl sites for hydroxylation is 1. The lowest BCUT2D eigenvalue weighted by Crippen LogP contribution is -2.01. The van der Waals surface area contributed by atoms with Gasteiger partial charge in [0, 0.05) is 6.07 Å². The van der Waals surface area contributed by atoms with Crippen LogP contribution in [-0.2, 0) is 16.5 Å². The third kappa shape index (κ3) is 4.97. The van der Waals surface area contributed by atoms with Crippen LogP contribution in [0.5, 0.6) is 17.2 Å². The smallest absolute Gasteiger partial charge is 0.294 e. The van der Waals surface area contributed by atoms with Crippen LogP contribution in [-0.4, -0.2) is 18.1 Å². The molecular formula is C18H22O5S. The fraction of sp³-hybridized carbons (Fsp3) is 0.333. The van der Waals surface area contributed by atoms with Gasteiger partial charge in [-0.1, -0.05) is 44.4 Å². The summed E-state index contributed by atoms with van der Waals surface area (Å²) in [6.07, 6.45) is 4.48. The molecule has 0 aliphatic rings. The largest absolute Gasteiger partial charge is 0.504 e. The summed E-state index contributed by atoms with van der Waals surface area (Å²) >= 11 is 0. The Morgan fingerprint density at radius 2 is 1.75 bits per heavy atom. The van der Waals surface area contributed by atoms with Gasteiger partial charge < -0.3 is 9.84 Å². The lowest BCUT2D eigenvalue weighted by Gasteiger charge is -2.13. The zero-order valence-corrected chi connectivity index (χ0v) is 14.4. The Morgan fingerprint density at radius 1 is 1.04 bits per heavy atom. The molecule has 0 heterocycles. The normalized spacial score (nSPS) is 11.4. The summed E-state index contributed by atoms with van der Waals surface area (Å²) in [4.78, 5) is -0.281. The first-order valence-corrected chi connectivity index (χ1v) is 9.42. The summed E-state index contributed by atoms with van der Waals surface area (Å²) in [6.45, 7) is 2.10. The van der Waals surface area contributed by atoms with Crippen molar-refractivity contribution in [3.05, 3.63) is 48.0 Å². The van der Waals surface area contributed by atoms with E-state index in [1.165, 1.54) is 6.07 Å². The zero-order chi connectivity index (χ0) is 17.6. The van der Waals surface area contributed by atoms with Crippen LogP contribution in [0, 0.1) is 0 Å². The van der Waals surface area contributed by atoms with E-state index in [2.05, 4.69) is 6.92 Å². The molecule has 0 saturated carbocycles. The quantitative estimate of drug-likeness (QED) is 0.539. The molecule has 2 N–H and O–H groups in total. The van der Waals surface area contributed by atoms with E-state index >= 15 is 0 Å². The van der Waals surface area contributed by atoms with Gasteiger partial charge in [-0.25, -0.2) is 0 Å². The predicted molar refractivity (Wildman–Crippen MR) is 92.3 cm³/mol. The van der Waals surface area contributed by atoms with Crippen LogP contribution in [0.4, 0.5) is 0 Å². The van der Waals surface area contributed by atoms with Crippen molar-refractivity contribution >= 4 is 10.1 Å². The Labute approximate surface area is 142 Å².